The molecule has 1 aliphatic heterocycles. The van der Waals surface area contributed by atoms with Crippen LogP contribution in [-0.4, -0.2) is 30.8 Å². The van der Waals surface area contributed by atoms with Gasteiger partial charge >= 0.3 is 0 Å². The van der Waals surface area contributed by atoms with Crippen LogP contribution in [0.4, 0.5) is 5.69 Å². The van der Waals surface area contributed by atoms with Gasteiger partial charge in [-0.05, 0) is 36.8 Å². The number of fused-ring (bicyclic) bond motifs is 1. The summed E-state index contributed by atoms with van der Waals surface area (Å²) in [6, 6.07) is 16.2. The van der Waals surface area contributed by atoms with Crippen molar-refractivity contribution in [3.05, 3.63) is 48.0 Å². The van der Waals surface area contributed by atoms with Gasteiger partial charge in [0.2, 0.25) is 5.91 Å². The number of nitrogens with zero attached hydrogens (tertiary/aromatic N) is 3. The zero-order chi connectivity index (χ0) is 19.0. The van der Waals surface area contributed by atoms with E-state index < -0.39 is 0 Å². The Kier molecular flexibility index (Phi) is 4.21. The number of anilines is 1. The average Bonchev–Trinajstić information content (AvgIpc) is 3.28. The van der Waals surface area contributed by atoms with Crippen LogP contribution in [0.1, 0.15) is 12.5 Å². The topological polar surface area (TPSA) is 70.3 Å². The molecular formula is C21H20N4O2. The summed E-state index contributed by atoms with van der Waals surface area (Å²) in [5, 5.41) is 13.6. The van der Waals surface area contributed by atoms with Gasteiger partial charge in [-0.15, -0.1) is 0 Å². The summed E-state index contributed by atoms with van der Waals surface area (Å²) in [4.78, 5) is 13.4. The first-order chi connectivity index (χ1) is 13.2. The van der Waals surface area contributed by atoms with Crippen LogP contribution in [0.2, 0.25) is 0 Å². The van der Waals surface area contributed by atoms with E-state index in [-0.39, 0.29) is 5.91 Å². The first kappa shape index (κ1) is 17.0. The number of aromatic nitrogens is 1. The van der Waals surface area contributed by atoms with E-state index in [1.165, 1.54) is 0 Å². The molecule has 0 atom stereocenters. The molecular weight excluding hydrogens is 340 g/mol. The van der Waals surface area contributed by atoms with E-state index >= 15 is 0 Å². The molecule has 1 aliphatic rings. The number of benzene rings is 2. The maximum atomic E-state index is 11.4. The van der Waals surface area contributed by atoms with E-state index in [4.69, 9.17) is 4.74 Å². The van der Waals surface area contributed by atoms with Crippen molar-refractivity contribution < 1.29 is 9.53 Å². The molecule has 2 aromatic carbocycles. The first-order valence-electron chi connectivity index (χ1n) is 8.88. The Balaban J connectivity index is 1.83. The fraction of sp³-hybridized carbons (Fsp3) is 0.238. The van der Waals surface area contributed by atoms with Gasteiger partial charge in [0.05, 0.1) is 37.1 Å². The predicted octanol–water partition coefficient (Wildman–Crippen LogP) is 3.10. The number of rotatable bonds is 4. The van der Waals surface area contributed by atoms with Crippen molar-refractivity contribution in [1.82, 2.24) is 9.88 Å². The summed E-state index contributed by atoms with van der Waals surface area (Å²) >= 11 is 0. The van der Waals surface area contributed by atoms with Crippen LogP contribution in [0.25, 0.3) is 22.2 Å². The Morgan fingerprint density at radius 2 is 2.00 bits per heavy atom. The normalized spacial score (nSPS) is 13.7. The van der Waals surface area contributed by atoms with Crippen molar-refractivity contribution in [3.63, 3.8) is 0 Å². The minimum absolute atomic E-state index is 0.0332. The highest BCUT2D eigenvalue weighted by atomic mass is 16.5. The number of nitrogens with one attached hydrogen (secondary N) is 1. The molecule has 1 amide bonds. The number of methoxy groups -OCH3 is 1. The van der Waals surface area contributed by atoms with E-state index in [2.05, 4.69) is 22.9 Å². The van der Waals surface area contributed by atoms with E-state index in [0.29, 0.717) is 18.8 Å². The third kappa shape index (κ3) is 2.77. The smallest absolute Gasteiger partial charge is 0.240 e. The second-order valence-electron chi connectivity index (χ2n) is 6.47. The Labute approximate surface area is 157 Å². The van der Waals surface area contributed by atoms with Crippen LogP contribution in [0.3, 0.4) is 0 Å². The monoisotopic (exact) mass is 360 g/mol. The summed E-state index contributed by atoms with van der Waals surface area (Å²) < 4.78 is 7.50. The van der Waals surface area contributed by atoms with Crippen molar-refractivity contribution in [1.29, 1.82) is 5.26 Å². The van der Waals surface area contributed by atoms with Gasteiger partial charge < -0.3 is 19.5 Å². The largest absolute Gasteiger partial charge is 0.497 e. The number of hydrogen-bond acceptors (Lipinski definition) is 4. The molecule has 136 valence electrons. The lowest BCUT2D eigenvalue weighted by atomic mass is 10.1. The number of aryl methyl sites for hydroxylation is 1. The quantitative estimate of drug-likeness (QED) is 0.776. The van der Waals surface area contributed by atoms with Crippen LogP contribution in [0.15, 0.2) is 42.5 Å². The second kappa shape index (κ2) is 6.69. The minimum Gasteiger partial charge on any atom is -0.497 e. The van der Waals surface area contributed by atoms with Gasteiger partial charge in [0.15, 0.2) is 0 Å². The lowest BCUT2D eigenvalue weighted by Crippen LogP contribution is -2.20. The van der Waals surface area contributed by atoms with Crippen LogP contribution in [0, 0.1) is 11.3 Å². The van der Waals surface area contributed by atoms with Crippen molar-refractivity contribution >= 4 is 22.5 Å². The number of nitriles is 1. The van der Waals surface area contributed by atoms with E-state index in [0.717, 1.165) is 40.1 Å². The third-order valence-corrected chi connectivity index (χ3v) is 5.01. The Bertz CT molecular complexity index is 1060. The highest BCUT2D eigenvalue weighted by Crippen LogP contribution is 2.36. The molecule has 1 saturated heterocycles. The Morgan fingerprint density at radius 3 is 2.59 bits per heavy atom. The molecule has 0 saturated carbocycles. The Morgan fingerprint density at radius 1 is 1.22 bits per heavy atom. The fourth-order valence-electron chi connectivity index (χ4n) is 3.68. The summed E-state index contributed by atoms with van der Waals surface area (Å²) in [7, 11) is 1.64. The van der Waals surface area contributed by atoms with E-state index in [1.54, 1.807) is 7.11 Å². The molecule has 0 bridgehead atoms. The maximum Gasteiger partial charge on any atom is 0.240 e. The van der Waals surface area contributed by atoms with Crippen molar-refractivity contribution in [2.75, 3.05) is 25.2 Å². The fourth-order valence-corrected chi connectivity index (χ4v) is 3.68. The molecule has 0 radical (unpaired) electrons. The highest BCUT2D eigenvalue weighted by Gasteiger charge is 2.21. The van der Waals surface area contributed by atoms with Crippen molar-refractivity contribution in [3.8, 4) is 23.1 Å². The van der Waals surface area contributed by atoms with Gasteiger partial charge in [0.25, 0.3) is 0 Å². The molecule has 0 unspecified atom stereocenters. The lowest BCUT2D eigenvalue weighted by Gasteiger charge is -2.16. The number of carbonyl (C=O) groups is 1. The molecule has 6 heteroatoms. The van der Waals surface area contributed by atoms with Crippen LogP contribution in [-0.2, 0) is 11.3 Å². The lowest BCUT2D eigenvalue weighted by molar-refractivity contribution is -0.118. The zero-order valence-corrected chi connectivity index (χ0v) is 15.3. The van der Waals surface area contributed by atoms with E-state index in [1.807, 2.05) is 47.4 Å². The van der Waals surface area contributed by atoms with Gasteiger partial charge in [-0.2, -0.15) is 5.26 Å². The third-order valence-electron chi connectivity index (χ3n) is 5.01. The Hall–Kier alpha value is -3.46. The predicted molar refractivity (Wildman–Crippen MR) is 105 cm³/mol. The average molecular weight is 360 g/mol. The molecule has 1 fully saturated rings. The van der Waals surface area contributed by atoms with Gasteiger partial charge in [0.1, 0.15) is 11.8 Å². The van der Waals surface area contributed by atoms with Gasteiger partial charge in [-0.25, -0.2) is 0 Å². The van der Waals surface area contributed by atoms with Crippen LogP contribution in [0.5, 0.6) is 5.75 Å². The maximum absolute atomic E-state index is 11.4. The van der Waals surface area contributed by atoms with Crippen LogP contribution >= 0.6 is 0 Å². The number of carbonyl (C=O) groups excluding carboxylic acids is 1. The summed E-state index contributed by atoms with van der Waals surface area (Å²) in [6.45, 7) is 3.71. The zero-order valence-electron chi connectivity index (χ0n) is 15.3. The van der Waals surface area contributed by atoms with Crippen molar-refractivity contribution in [2.24, 2.45) is 0 Å². The van der Waals surface area contributed by atoms with Gasteiger partial charge in [-0.1, -0.05) is 12.1 Å². The molecule has 0 aliphatic carbocycles. The summed E-state index contributed by atoms with van der Waals surface area (Å²) in [6.07, 6.45) is 0. The molecule has 0 spiro atoms. The summed E-state index contributed by atoms with van der Waals surface area (Å²) in [5.41, 5.74) is 4.52. The van der Waals surface area contributed by atoms with E-state index in [9.17, 15) is 10.1 Å². The summed E-state index contributed by atoms with van der Waals surface area (Å²) in [5.74, 6) is 0.804. The first-order valence-corrected chi connectivity index (χ1v) is 8.88. The van der Waals surface area contributed by atoms with Crippen molar-refractivity contribution in [2.45, 2.75) is 13.5 Å². The standard InChI is InChI=1S/C21H20N4O2/c1-3-25-19-10-16(27-2)8-9-17(19)18(11-22)21(25)14-4-6-15(7-5-14)24-12-20(26)23-13-24/h4-10H,3,12-13H2,1-2H3,(H,23,26). The number of ether oxygens (including phenoxy) is 1. The highest BCUT2D eigenvalue weighted by molar-refractivity contribution is 5.95. The van der Waals surface area contributed by atoms with Gasteiger partial charge in [-0.3, -0.25) is 4.79 Å². The molecule has 6 nitrogen and oxygen atoms in total. The molecule has 1 N–H and O–H groups in total. The SMILES string of the molecule is CCn1c(-c2ccc(N3CNC(=O)C3)cc2)c(C#N)c2ccc(OC)cc21. The number of amides is 1. The molecule has 3 aromatic rings. The molecule has 4 rings (SSSR count). The molecule has 1 aromatic heterocycles. The minimum atomic E-state index is 0.0332. The molecule has 2 heterocycles. The number of hydrogen-bond donors (Lipinski definition) is 1. The van der Waals surface area contributed by atoms with Gasteiger partial charge in [0, 0.05) is 23.7 Å². The van der Waals surface area contributed by atoms with Crippen LogP contribution < -0.4 is 15.0 Å². The second-order valence-corrected chi connectivity index (χ2v) is 6.47. The molecule has 27 heavy (non-hydrogen) atoms.